The molecule has 1 aromatic heterocycles. The van der Waals surface area contributed by atoms with Gasteiger partial charge in [-0.25, -0.2) is 4.79 Å². The van der Waals surface area contributed by atoms with Crippen molar-refractivity contribution in [2.75, 3.05) is 26.3 Å². The van der Waals surface area contributed by atoms with E-state index in [0.717, 1.165) is 44.8 Å². The summed E-state index contributed by atoms with van der Waals surface area (Å²) in [6.07, 6.45) is 1.93. The summed E-state index contributed by atoms with van der Waals surface area (Å²) in [6.45, 7) is 5.91. The number of rotatable bonds is 5. The number of carboxylic acid groups (broad SMARTS) is 1. The fourth-order valence-electron chi connectivity index (χ4n) is 2.36. The van der Waals surface area contributed by atoms with Gasteiger partial charge in [0.25, 0.3) is 0 Å². The quantitative estimate of drug-likeness (QED) is 0.829. The summed E-state index contributed by atoms with van der Waals surface area (Å²) in [5.74, 6) is -0.410. The third kappa shape index (κ3) is 4.04. The van der Waals surface area contributed by atoms with Crippen LogP contribution in [0.5, 0.6) is 0 Å². The Kier molecular flexibility index (Phi) is 4.93. The third-order valence-electron chi connectivity index (χ3n) is 3.31. The zero-order valence-corrected chi connectivity index (χ0v) is 11.3. The van der Waals surface area contributed by atoms with Crippen molar-refractivity contribution in [1.82, 2.24) is 15.1 Å². The molecular formula is C13H21N3O3. The average Bonchev–Trinajstić information content (AvgIpc) is 2.59. The Morgan fingerprint density at radius 2 is 2.53 bits per heavy atom. The Labute approximate surface area is 112 Å². The summed E-state index contributed by atoms with van der Waals surface area (Å²) in [5, 5.41) is 16.6. The second kappa shape index (κ2) is 6.68. The van der Waals surface area contributed by atoms with Gasteiger partial charge in [0.1, 0.15) is 5.69 Å². The van der Waals surface area contributed by atoms with Crippen LogP contribution in [0.15, 0.2) is 6.07 Å². The van der Waals surface area contributed by atoms with Crippen LogP contribution in [0, 0.1) is 12.8 Å². The van der Waals surface area contributed by atoms with E-state index in [1.807, 2.05) is 6.92 Å². The highest BCUT2D eigenvalue weighted by Crippen LogP contribution is 2.11. The molecule has 0 spiro atoms. The minimum Gasteiger partial charge on any atom is -0.477 e. The van der Waals surface area contributed by atoms with Gasteiger partial charge in [-0.05, 0) is 31.7 Å². The van der Waals surface area contributed by atoms with E-state index >= 15 is 0 Å². The lowest BCUT2D eigenvalue weighted by Gasteiger charge is -2.13. The fraction of sp³-hybridized carbons (Fsp3) is 0.692. The number of aryl methyl sites for hydroxylation is 2. The van der Waals surface area contributed by atoms with Crippen molar-refractivity contribution >= 4 is 5.97 Å². The predicted molar refractivity (Wildman–Crippen MR) is 70.3 cm³/mol. The number of aromatic nitrogens is 2. The Balaban J connectivity index is 1.83. The van der Waals surface area contributed by atoms with Gasteiger partial charge in [0, 0.05) is 19.6 Å². The lowest BCUT2D eigenvalue weighted by molar-refractivity contribution is 0.0682. The first-order valence-corrected chi connectivity index (χ1v) is 6.73. The zero-order chi connectivity index (χ0) is 13.7. The number of hydrogen-bond donors (Lipinski definition) is 2. The molecule has 0 bridgehead atoms. The number of nitrogens with one attached hydrogen (secondary N) is 1. The van der Waals surface area contributed by atoms with Gasteiger partial charge in [-0.2, -0.15) is 5.10 Å². The van der Waals surface area contributed by atoms with Gasteiger partial charge in [-0.3, -0.25) is 4.68 Å². The first-order chi connectivity index (χ1) is 9.16. The van der Waals surface area contributed by atoms with Crippen LogP contribution >= 0.6 is 0 Å². The molecule has 1 atom stereocenters. The molecule has 1 aliphatic heterocycles. The molecule has 0 aromatic carbocycles. The van der Waals surface area contributed by atoms with Crippen LogP contribution in [0.1, 0.15) is 29.0 Å². The first-order valence-electron chi connectivity index (χ1n) is 6.73. The maximum absolute atomic E-state index is 11.1. The van der Waals surface area contributed by atoms with E-state index in [4.69, 9.17) is 9.84 Å². The van der Waals surface area contributed by atoms with Gasteiger partial charge < -0.3 is 15.2 Å². The maximum atomic E-state index is 11.1. The molecule has 19 heavy (non-hydrogen) atoms. The zero-order valence-electron chi connectivity index (χ0n) is 11.3. The highest BCUT2D eigenvalue weighted by Gasteiger charge is 2.14. The number of ether oxygens (including phenoxy) is 1. The molecule has 106 valence electrons. The molecule has 1 aliphatic rings. The van der Waals surface area contributed by atoms with Gasteiger partial charge in [0.05, 0.1) is 18.9 Å². The monoisotopic (exact) mass is 267 g/mol. The summed E-state index contributed by atoms with van der Waals surface area (Å²) < 4.78 is 7.08. The third-order valence-corrected chi connectivity index (χ3v) is 3.31. The second-order valence-corrected chi connectivity index (χ2v) is 4.99. The number of carbonyl (C=O) groups is 1. The van der Waals surface area contributed by atoms with Gasteiger partial charge in [0.2, 0.25) is 0 Å². The van der Waals surface area contributed by atoms with E-state index in [9.17, 15) is 4.79 Å². The summed E-state index contributed by atoms with van der Waals surface area (Å²) in [6, 6.07) is 1.61. The molecule has 1 aromatic rings. The average molecular weight is 267 g/mol. The molecule has 0 aliphatic carbocycles. The highest BCUT2D eigenvalue weighted by molar-refractivity contribution is 5.85. The summed E-state index contributed by atoms with van der Waals surface area (Å²) >= 11 is 0. The van der Waals surface area contributed by atoms with E-state index in [2.05, 4.69) is 10.4 Å². The molecule has 2 heterocycles. The van der Waals surface area contributed by atoms with Crippen LogP contribution in [-0.2, 0) is 11.3 Å². The molecule has 0 saturated carbocycles. The van der Waals surface area contributed by atoms with E-state index < -0.39 is 5.97 Å². The van der Waals surface area contributed by atoms with Gasteiger partial charge >= 0.3 is 5.97 Å². The Morgan fingerprint density at radius 3 is 3.32 bits per heavy atom. The molecule has 0 amide bonds. The second-order valence-electron chi connectivity index (χ2n) is 4.99. The van der Waals surface area contributed by atoms with Crippen molar-refractivity contribution in [1.29, 1.82) is 0 Å². The number of carboxylic acids is 1. The normalized spacial score (nSPS) is 20.2. The van der Waals surface area contributed by atoms with Crippen LogP contribution in [0.3, 0.4) is 0 Å². The van der Waals surface area contributed by atoms with Gasteiger partial charge in [-0.1, -0.05) is 0 Å². The SMILES string of the molecule is Cc1cc(C(=O)O)n(CCCC2CNCCOC2)n1. The summed E-state index contributed by atoms with van der Waals surface area (Å²) in [7, 11) is 0. The summed E-state index contributed by atoms with van der Waals surface area (Å²) in [5.41, 5.74) is 1.02. The van der Waals surface area contributed by atoms with Crippen LogP contribution in [0.2, 0.25) is 0 Å². The van der Waals surface area contributed by atoms with Crippen molar-refractivity contribution in [2.45, 2.75) is 26.3 Å². The highest BCUT2D eigenvalue weighted by atomic mass is 16.5. The molecule has 2 N–H and O–H groups in total. The van der Waals surface area contributed by atoms with Crippen LogP contribution in [0.4, 0.5) is 0 Å². The molecule has 0 radical (unpaired) electrons. The topological polar surface area (TPSA) is 76.4 Å². The molecule has 6 nitrogen and oxygen atoms in total. The smallest absolute Gasteiger partial charge is 0.354 e. The molecule has 1 fully saturated rings. The molecule has 6 heteroatoms. The maximum Gasteiger partial charge on any atom is 0.354 e. The fourth-order valence-corrected chi connectivity index (χ4v) is 2.36. The lowest BCUT2D eigenvalue weighted by atomic mass is 10.0. The Morgan fingerprint density at radius 1 is 1.68 bits per heavy atom. The van der Waals surface area contributed by atoms with Crippen LogP contribution in [0.25, 0.3) is 0 Å². The van der Waals surface area contributed by atoms with E-state index in [1.54, 1.807) is 10.7 Å². The minimum absolute atomic E-state index is 0.271. The van der Waals surface area contributed by atoms with Crippen molar-refractivity contribution in [3.63, 3.8) is 0 Å². The Bertz CT molecular complexity index is 423. The predicted octanol–water partition coefficient (Wildman–Crippen LogP) is 0.906. The van der Waals surface area contributed by atoms with Crippen molar-refractivity contribution < 1.29 is 14.6 Å². The standard InChI is InChI=1S/C13H21N3O3/c1-10-7-12(13(17)18)16(15-10)5-2-3-11-8-14-4-6-19-9-11/h7,11,14H,2-6,8-9H2,1H3,(H,17,18). The van der Waals surface area contributed by atoms with Crippen molar-refractivity contribution in [3.05, 3.63) is 17.5 Å². The minimum atomic E-state index is -0.917. The molecule has 1 saturated heterocycles. The molecular weight excluding hydrogens is 246 g/mol. The first kappa shape index (κ1) is 14.0. The van der Waals surface area contributed by atoms with E-state index in [0.29, 0.717) is 12.5 Å². The van der Waals surface area contributed by atoms with Gasteiger partial charge in [-0.15, -0.1) is 0 Å². The summed E-state index contributed by atoms with van der Waals surface area (Å²) in [4.78, 5) is 11.1. The Hall–Kier alpha value is -1.40. The van der Waals surface area contributed by atoms with Crippen LogP contribution in [-0.4, -0.2) is 47.2 Å². The van der Waals surface area contributed by atoms with Crippen molar-refractivity contribution in [3.8, 4) is 0 Å². The lowest BCUT2D eigenvalue weighted by Crippen LogP contribution is -2.23. The largest absolute Gasteiger partial charge is 0.477 e. The van der Waals surface area contributed by atoms with Crippen LogP contribution < -0.4 is 5.32 Å². The number of aromatic carboxylic acids is 1. The number of nitrogens with zero attached hydrogens (tertiary/aromatic N) is 2. The molecule has 1 unspecified atom stereocenters. The molecule has 2 rings (SSSR count). The van der Waals surface area contributed by atoms with Gasteiger partial charge in [0.15, 0.2) is 0 Å². The number of hydrogen-bond acceptors (Lipinski definition) is 4. The van der Waals surface area contributed by atoms with Crippen molar-refractivity contribution in [2.24, 2.45) is 5.92 Å². The van der Waals surface area contributed by atoms with E-state index in [1.165, 1.54) is 0 Å². The van der Waals surface area contributed by atoms with E-state index in [-0.39, 0.29) is 5.69 Å².